The Labute approximate surface area is 168 Å². The van der Waals surface area contributed by atoms with Gasteiger partial charge in [0.25, 0.3) is 0 Å². The van der Waals surface area contributed by atoms with Gasteiger partial charge in [-0.25, -0.2) is 9.97 Å². The Bertz CT molecular complexity index is 1260. The fraction of sp³-hybridized carbons (Fsp3) is 0.174. The predicted molar refractivity (Wildman–Crippen MR) is 114 cm³/mol. The molecule has 1 aliphatic heterocycles. The summed E-state index contributed by atoms with van der Waals surface area (Å²) in [6.07, 6.45) is 5.82. The lowest BCUT2D eigenvalue weighted by atomic mass is 10.0. The van der Waals surface area contributed by atoms with Gasteiger partial charge in [-0.15, -0.1) is 0 Å². The maximum Gasteiger partial charge on any atom is 0.245 e. The fourth-order valence-electron chi connectivity index (χ4n) is 4.21. The Hall–Kier alpha value is -3.67. The molecule has 29 heavy (non-hydrogen) atoms. The van der Waals surface area contributed by atoms with Crippen molar-refractivity contribution in [3.05, 3.63) is 73.3 Å². The standard InChI is InChI=1S/C23H21N5O/c1-2-19(29)27-11-9-18(14-27)23-26-20(21-22(24)25-10-12-28(21)23)17-8-7-15-5-3-4-6-16(15)13-17/h2-8,10,12-13,18H,1,9,11,14H2,(H2,24,25)/t18-/m0/s1. The van der Waals surface area contributed by atoms with Gasteiger partial charge in [-0.05, 0) is 29.3 Å². The maximum absolute atomic E-state index is 12.0. The van der Waals surface area contributed by atoms with Gasteiger partial charge in [0, 0.05) is 37.0 Å². The minimum absolute atomic E-state index is 0.0377. The number of benzene rings is 2. The average Bonchev–Trinajstić information content (AvgIpc) is 3.38. The van der Waals surface area contributed by atoms with Crippen LogP contribution in [-0.4, -0.2) is 38.3 Å². The molecule has 3 heterocycles. The molecule has 0 saturated carbocycles. The number of hydrogen-bond donors (Lipinski definition) is 1. The van der Waals surface area contributed by atoms with Crippen LogP contribution < -0.4 is 5.73 Å². The summed E-state index contributed by atoms with van der Waals surface area (Å²) in [5, 5.41) is 2.33. The van der Waals surface area contributed by atoms with E-state index in [4.69, 9.17) is 10.7 Å². The third-order valence-electron chi connectivity index (χ3n) is 5.67. The number of amides is 1. The Morgan fingerprint density at radius 1 is 1.21 bits per heavy atom. The average molecular weight is 383 g/mol. The van der Waals surface area contributed by atoms with E-state index in [1.54, 1.807) is 6.20 Å². The molecule has 1 amide bonds. The number of nitrogens with zero attached hydrogens (tertiary/aromatic N) is 4. The van der Waals surface area contributed by atoms with Crippen LogP contribution in [0, 0.1) is 0 Å². The summed E-state index contributed by atoms with van der Waals surface area (Å²) >= 11 is 0. The Kier molecular flexibility index (Phi) is 4.05. The van der Waals surface area contributed by atoms with Crippen molar-refractivity contribution in [1.29, 1.82) is 0 Å². The topological polar surface area (TPSA) is 76.5 Å². The number of imidazole rings is 1. The summed E-state index contributed by atoms with van der Waals surface area (Å²) < 4.78 is 2.03. The molecular weight excluding hydrogens is 362 g/mol. The number of likely N-dealkylation sites (tertiary alicyclic amines) is 1. The normalized spacial score (nSPS) is 16.6. The van der Waals surface area contributed by atoms with Crippen molar-refractivity contribution in [2.75, 3.05) is 18.8 Å². The predicted octanol–water partition coefficient (Wildman–Crippen LogP) is 3.63. The molecule has 0 bridgehead atoms. The van der Waals surface area contributed by atoms with Gasteiger partial charge in [0.2, 0.25) is 5.91 Å². The number of aromatic nitrogens is 3. The summed E-state index contributed by atoms with van der Waals surface area (Å²) in [6.45, 7) is 4.93. The second-order valence-corrected chi connectivity index (χ2v) is 7.39. The van der Waals surface area contributed by atoms with Crippen LogP contribution in [0.3, 0.4) is 0 Å². The number of carbonyl (C=O) groups is 1. The Morgan fingerprint density at radius 3 is 2.86 bits per heavy atom. The van der Waals surface area contributed by atoms with Crippen LogP contribution in [0.1, 0.15) is 18.2 Å². The first-order valence-electron chi connectivity index (χ1n) is 9.68. The molecule has 1 saturated heterocycles. The van der Waals surface area contributed by atoms with E-state index in [-0.39, 0.29) is 11.8 Å². The zero-order chi connectivity index (χ0) is 20.0. The molecule has 0 aliphatic carbocycles. The summed E-state index contributed by atoms with van der Waals surface area (Å²) in [5.74, 6) is 1.47. The number of carbonyl (C=O) groups excluding carboxylic acids is 1. The van der Waals surface area contributed by atoms with E-state index < -0.39 is 0 Å². The van der Waals surface area contributed by atoms with Crippen molar-refractivity contribution in [3.8, 4) is 11.3 Å². The van der Waals surface area contributed by atoms with Crippen LogP contribution in [0.15, 0.2) is 67.5 Å². The minimum atomic E-state index is -0.0377. The third kappa shape index (κ3) is 2.84. The molecule has 4 aromatic rings. The molecule has 0 spiro atoms. The molecule has 2 aromatic heterocycles. The van der Waals surface area contributed by atoms with Gasteiger partial charge in [0.1, 0.15) is 22.9 Å². The molecule has 2 N–H and O–H groups in total. The SMILES string of the molecule is C=CC(=O)N1CC[C@H](c2nc(-c3ccc4ccccc4c3)c3c(N)nccn23)C1. The van der Waals surface area contributed by atoms with E-state index in [1.165, 1.54) is 11.5 Å². The van der Waals surface area contributed by atoms with E-state index in [1.807, 2.05) is 27.6 Å². The second-order valence-electron chi connectivity index (χ2n) is 7.39. The van der Waals surface area contributed by atoms with Crippen molar-refractivity contribution in [1.82, 2.24) is 19.3 Å². The van der Waals surface area contributed by atoms with Crippen LogP contribution in [-0.2, 0) is 4.79 Å². The number of nitrogens with two attached hydrogens (primary N) is 1. The van der Waals surface area contributed by atoms with Crippen LogP contribution >= 0.6 is 0 Å². The first-order chi connectivity index (χ1) is 14.2. The minimum Gasteiger partial charge on any atom is -0.382 e. The highest BCUT2D eigenvalue weighted by atomic mass is 16.2. The zero-order valence-corrected chi connectivity index (χ0v) is 16.0. The monoisotopic (exact) mass is 383 g/mol. The molecule has 6 nitrogen and oxygen atoms in total. The first-order valence-corrected chi connectivity index (χ1v) is 9.68. The van der Waals surface area contributed by atoms with Crippen LogP contribution in [0.25, 0.3) is 27.5 Å². The van der Waals surface area contributed by atoms with E-state index in [9.17, 15) is 4.79 Å². The van der Waals surface area contributed by atoms with E-state index in [0.717, 1.165) is 34.4 Å². The van der Waals surface area contributed by atoms with Crippen LogP contribution in [0.2, 0.25) is 0 Å². The van der Waals surface area contributed by atoms with E-state index in [0.29, 0.717) is 18.9 Å². The number of fused-ring (bicyclic) bond motifs is 2. The maximum atomic E-state index is 12.0. The lowest BCUT2D eigenvalue weighted by Gasteiger charge is -2.13. The van der Waals surface area contributed by atoms with Gasteiger partial charge in [-0.2, -0.15) is 0 Å². The zero-order valence-electron chi connectivity index (χ0n) is 16.0. The molecule has 1 fully saturated rings. The molecule has 1 atom stereocenters. The van der Waals surface area contributed by atoms with Gasteiger partial charge in [0.05, 0.1) is 0 Å². The quantitative estimate of drug-likeness (QED) is 0.548. The van der Waals surface area contributed by atoms with Crippen molar-refractivity contribution in [2.24, 2.45) is 0 Å². The van der Waals surface area contributed by atoms with E-state index in [2.05, 4.69) is 41.9 Å². The second kappa shape index (κ2) is 6.74. The Balaban J connectivity index is 1.65. The fourth-order valence-corrected chi connectivity index (χ4v) is 4.21. The lowest BCUT2D eigenvalue weighted by Crippen LogP contribution is -2.26. The number of rotatable bonds is 3. The van der Waals surface area contributed by atoms with Gasteiger partial charge in [-0.1, -0.05) is 43.0 Å². The lowest BCUT2D eigenvalue weighted by molar-refractivity contribution is -0.125. The van der Waals surface area contributed by atoms with Crippen LogP contribution in [0.4, 0.5) is 5.82 Å². The number of nitrogen functional groups attached to an aromatic ring is 1. The highest BCUT2D eigenvalue weighted by Crippen LogP contribution is 2.35. The highest BCUT2D eigenvalue weighted by Gasteiger charge is 2.30. The van der Waals surface area contributed by atoms with E-state index >= 15 is 0 Å². The van der Waals surface area contributed by atoms with Crippen molar-refractivity contribution in [2.45, 2.75) is 12.3 Å². The van der Waals surface area contributed by atoms with Crippen molar-refractivity contribution >= 4 is 28.0 Å². The van der Waals surface area contributed by atoms with Gasteiger partial charge < -0.3 is 10.6 Å². The van der Waals surface area contributed by atoms with Crippen LogP contribution in [0.5, 0.6) is 0 Å². The third-order valence-corrected chi connectivity index (χ3v) is 5.67. The first kappa shape index (κ1) is 17.4. The van der Waals surface area contributed by atoms with Crippen molar-refractivity contribution < 1.29 is 4.79 Å². The van der Waals surface area contributed by atoms with Gasteiger partial charge in [0.15, 0.2) is 0 Å². The summed E-state index contributed by atoms with van der Waals surface area (Å²) in [7, 11) is 0. The molecule has 144 valence electrons. The summed E-state index contributed by atoms with van der Waals surface area (Å²) in [5.41, 5.74) is 8.91. The highest BCUT2D eigenvalue weighted by molar-refractivity contribution is 5.92. The molecule has 0 unspecified atom stereocenters. The Morgan fingerprint density at radius 2 is 2.03 bits per heavy atom. The number of anilines is 1. The molecule has 2 aromatic carbocycles. The van der Waals surface area contributed by atoms with Gasteiger partial charge in [-0.3, -0.25) is 9.20 Å². The number of hydrogen-bond acceptors (Lipinski definition) is 4. The molecular formula is C23H21N5O. The smallest absolute Gasteiger partial charge is 0.245 e. The molecule has 0 radical (unpaired) electrons. The van der Waals surface area contributed by atoms with Gasteiger partial charge >= 0.3 is 0 Å². The van der Waals surface area contributed by atoms with Crippen molar-refractivity contribution in [3.63, 3.8) is 0 Å². The molecule has 1 aliphatic rings. The summed E-state index contributed by atoms with van der Waals surface area (Å²) in [6, 6.07) is 14.6. The summed E-state index contributed by atoms with van der Waals surface area (Å²) in [4.78, 5) is 23.1. The molecule has 5 rings (SSSR count). The largest absolute Gasteiger partial charge is 0.382 e. The molecule has 6 heteroatoms.